The summed E-state index contributed by atoms with van der Waals surface area (Å²) >= 11 is 0. The molecule has 2 unspecified atom stereocenters. The summed E-state index contributed by atoms with van der Waals surface area (Å²) in [6, 6.07) is 0. The van der Waals surface area contributed by atoms with Crippen LogP contribution in [-0.4, -0.2) is 11.6 Å². The maximum atomic E-state index is 11.0. The van der Waals surface area contributed by atoms with Crippen LogP contribution in [0.15, 0.2) is 0 Å². The SMILES string of the molecule is CC(=O)C1C(C(C)=O)C1(C)C. The highest BCUT2D eigenvalue weighted by Gasteiger charge is 2.62. The molecule has 1 aliphatic rings. The molecule has 11 heavy (non-hydrogen) atoms. The van der Waals surface area contributed by atoms with Crippen molar-refractivity contribution in [1.29, 1.82) is 0 Å². The topological polar surface area (TPSA) is 34.1 Å². The van der Waals surface area contributed by atoms with E-state index in [0.717, 1.165) is 0 Å². The van der Waals surface area contributed by atoms with Gasteiger partial charge in [-0.25, -0.2) is 0 Å². The van der Waals surface area contributed by atoms with E-state index in [1.807, 2.05) is 13.8 Å². The largest absolute Gasteiger partial charge is 0.300 e. The summed E-state index contributed by atoms with van der Waals surface area (Å²) in [5.41, 5.74) is -0.0718. The van der Waals surface area contributed by atoms with E-state index in [-0.39, 0.29) is 28.8 Å². The Bertz CT molecular complexity index is 194. The van der Waals surface area contributed by atoms with E-state index in [4.69, 9.17) is 0 Å². The van der Waals surface area contributed by atoms with Gasteiger partial charge in [-0.1, -0.05) is 13.8 Å². The van der Waals surface area contributed by atoms with Crippen LogP contribution in [0.3, 0.4) is 0 Å². The van der Waals surface area contributed by atoms with Gasteiger partial charge in [0.1, 0.15) is 11.6 Å². The number of rotatable bonds is 2. The highest BCUT2D eigenvalue weighted by atomic mass is 16.1. The Morgan fingerprint density at radius 3 is 1.36 bits per heavy atom. The number of carbonyl (C=O) groups is 2. The fraction of sp³-hybridized carbons (Fsp3) is 0.778. The number of Topliss-reactive ketones (excluding diaryl/α,β-unsaturated/α-hetero) is 2. The Balaban J connectivity index is 2.76. The van der Waals surface area contributed by atoms with Gasteiger partial charge in [-0.2, -0.15) is 0 Å². The lowest BCUT2D eigenvalue weighted by atomic mass is 10.1. The quantitative estimate of drug-likeness (QED) is 0.603. The molecule has 1 aliphatic carbocycles. The number of ketones is 2. The molecule has 0 aromatic heterocycles. The van der Waals surface area contributed by atoms with E-state index >= 15 is 0 Å². The first-order chi connectivity index (χ1) is 4.89. The van der Waals surface area contributed by atoms with Crippen molar-refractivity contribution >= 4 is 11.6 Å². The molecule has 1 saturated carbocycles. The molecule has 0 amide bonds. The second kappa shape index (κ2) is 2.16. The van der Waals surface area contributed by atoms with Gasteiger partial charge in [0.15, 0.2) is 0 Å². The molecule has 0 spiro atoms. The molecule has 0 aromatic carbocycles. The average molecular weight is 154 g/mol. The van der Waals surface area contributed by atoms with E-state index in [1.54, 1.807) is 13.8 Å². The molecule has 2 heteroatoms. The van der Waals surface area contributed by atoms with Gasteiger partial charge < -0.3 is 0 Å². The van der Waals surface area contributed by atoms with E-state index < -0.39 is 0 Å². The zero-order valence-corrected chi connectivity index (χ0v) is 7.47. The van der Waals surface area contributed by atoms with Crippen molar-refractivity contribution in [1.82, 2.24) is 0 Å². The molecule has 2 atom stereocenters. The number of hydrogen-bond donors (Lipinski definition) is 0. The van der Waals surface area contributed by atoms with Gasteiger partial charge in [0.05, 0.1) is 0 Å². The molecular formula is C9H14O2. The maximum Gasteiger partial charge on any atom is 0.134 e. The molecule has 0 bridgehead atoms. The van der Waals surface area contributed by atoms with Crippen molar-refractivity contribution in [2.45, 2.75) is 27.7 Å². The number of hydrogen-bond acceptors (Lipinski definition) is 2. The molecule has 0 heterocycles. The fourth-order valence-electron chi connectivity index (χ4n) is 2.16. The van der Waals surface area contributed by atoms with E-state index in [9.17, 15) is 9.59 Å². The first-order valence-electron chi connectivity index (χ1n) is 3.90. The van der Waals surface area contributed by atoms with Crippen molar-refractivity contribution in [2.75, 3.05) is 0 Å². The molecule has 1 fully saturated rings. The van der Waals surface area contributed by atoms with Crippen molar-refractivity contribution in [2.24, 2.45) is 17.3 Å². The Kier molecular flexibility index (Phi) is 1.66. The minimum absolute atomic E-state index is 0.0139. The summed E-state index contributed by atoms with van der Waals surface area (Å²) < 4.78 is 0. The molecule has 62 valence electrons. The molecule has 1 rings (SSSR count). The second-order valence-corrected chi connectivity index (χ2v) is 4.00. The average Bonchev–Trinajstić information content (AvgIpc) is 2.33. The molecule has 0 radical (unpaired) electrons. The summed E-state index contributed by atoms with van der Waals surface area (Å²) in [6.07, 6.45) is 0. The van der Waals surface area contributed by atoms with Crippen LogP contribution in [0.5, 0.6) is 0 Å². The van der Waals surface area contributed by atoms with Crippen LogP contribution >= 0.6 is 0 Å². The summed E-state index contributed by atoms with van der Waals surface area (Å²) in [7, 11) is 0. The minimum Gasteiger partial charge on any atom is -0.300 e. The maximum absolute atomic E-state index is 11.0. The van der Waals surface area contributed by atoms with Crippen LogP contribution in [0, 0.1) is 17.3 Å². The minimum atomic E-state index is -0.0718. The first-order valence-corrected chi connectivity index (χ1v) is 3.90. The van der Waals surface area contributed by atoms with Crippen molar-refractivity contribution in [3.63, 3.8) is 0 Å². The van der Waals surface area contributed by atoms with E-state index in [1.165, 1.54) is 0 Å². The Morgan fingerprint density at radius 1 is 1.00 bits per heavy atom. The Labute approximate surface area is 67.0 Å². The molecule has 0 aromatic rings. The summed E-state index contributed by atoms with van der Waals surface area (Å²) in [5.74, 6) is 0.269. The normalized spacial score (nSPS) is 33.1. The Hall–Kier alpha value is -0.660. The van der Waals surface area contributed by atoms with Crippen LogP contribution in [0.1, 0.15) is 27.7 Å². The third-order valence-corrected chi connectivity index (χ3v) is 2.70. The van der Waals surface area contributed by atoms with Gasteiger partial charge in [-0.05, 0) is 19.3 Å². The summed E-state index contributed by atoms with van der Waals surface area (Å²) in [6.45, 7) is 7.08. The van der Waals surface area contributed by atoms with Crippen LogP contribution in [-0.2, 0) is 9.59 Å². The molecule has 0 aliphatic heterocycles. The van der Waals surface area contributed by atoms with Crippen molar-refractivity contribution in [3.8, 4) is 0 Å². The van der Waals surface area contributed by atoms with Crippen molar-refractivity contribution < 1.29 is 9.59 Å². The van der Waals surface area contributed by atoms with Gasteiger partial charge in [-0.15, -0.1) is 0 Å². The Morgan fingerprint density at radius 2 is 1.27 bits per heavy atom. The zero-order chi connectivity index (χ0) is 8.81. The molecule has 2 nitrogen and oxygen atoms in total. The van der Waals surface area contributed by atoms with E-state index in [0.29, 0.717) is 0 Å². The van der Waals surface area contributed by atoms with Crippen LogP contribution < -0.4 is 0 Å². The van der Waals surface area contributed by atoms with Crippen LogP contribution in [0.2, 0.25) is 0 Å². The molecular weight excluding hydrogens is 140 g/mol. The van der Waals surface area contributed by atoms with Gasteiger partial charge in [-0.3, -0.25) is 9.59 Å². The second-order valence-electron chi connectivity index (χ2n) is 4.00. The first kappa shape index (κ1) is 8.44. The van der Waals surface area contributed by atoms with Crippen LogP contribution in [0.25, 0.3) is 0 Å². The third kappa shape index (κ3) is 1.10. The lowest BCUT2D eigenvalue weighted by Crippen LogP contribution is -2.01. The number of carbonyl (C=O) groups excluding carboxylic acids is 2. The smallest absolute Gasteiger partial charge is 0.134 e. The fourth-order valence-corrected chi connectivity index (χ4v) is 2.16. The highest BCUT2D eigenvalue weighted by Crippen LogP contribution is 2.58. The van der Waals surface area contributed by atoms with E-state index in [2.05, 4.69) is 0 Å². The van der Waals surface area contributed by atoms with Crippen molar-refractivity contribution in [3.05, 3.63) is 0 Å². The zero-order valence-electron chi connectivity index (χ0n) is 7.47. The van der Waals surface area contributed by atoms with Gasteiger partial charge in [0.25, 0.3) is 0 Å². The molecule has 0 saturated heterocycles. The third-order valence-electron chi connectivity index (χ3n) is 2.70. The predicted octanol–water partition coefficient (Wildman–Crippen LogP) is 1.44. The lowest BCUT2D eigenvalue weighted by molar-refractivity contribution is -0.122. The lowest BCUT2D eigenvalue weighted by Gasteiger charge is -1.96. The summed E-state index contributed by atoms with van der Waals surface area (Å²) in [5, 5.41) is 0. The van der Waals surface area contributed by atoms with Gasteiger partial charge in [0.2, 0.25) is 0 Å². The molecule has 0 N–H and O–H groups in total. The monoisotopic (exact) mass is 154 g/mol. The predicted molar refractivity (Wildman–Crippen MR) is 42.1 cm³/mol. The van der Waals surface area contributed by atoms with Gasteiger partial charge in [0, 0.05) is 11.8 Å². The standard InChI is InChI=1S/C9H14O2/c1-5(10)7-8(6(2)11)9(7,3)4/h7-8H,1-4H3. The highest BCUT2D eigenvalue weighted by molar-refractivity contribution is 5.94. The van der Waals surface area contributed by atoms with Crippen LogP contribution in [0.4, 0.5) is 0 Å². The van der Waals surface area contributed by atoms with Gasteiger partial charge >= 0.3 is 0 Å². The summed E-state index contributed by atoms with van der Waals surface area (Å²) in [4.78, 5) is 22.0.